The molecule has 7 heteroatoms. The molecule has 0 radical (unpaired) electrons. The summed E-state index contributed by atoms with van der Waals surface area (Å²) in [5.74, 6) is 0.185. The molecule has 5 aliphatic rings. The van der Waals surface area contributed by atoms with Gasteiger partial charge in [-0.25, -0.2) is 14.6 Å². The minimum absolute atomic E-state index is 0.00445. The van der Waals surface area contributed by atoms with Crippen molar-refractivity contribution in [3.63, 3.8) is 0 Å². The maximum atomic E-state index is 12.1. The Morgan fingerprint density at radius 2 is 1.88 bits per heavy atom. The number of amides is 1. The first-order valence-corrected chi connectivity index (χ1v) is 9.35. The Labute approximate surface area is 148 Å². The van der Waals surface area contributed by atoms with Crippen molar-refractivity contribution in [2.75, 3.05) is 14.1 Å². The minimum atomic E-state index is -0.811. The number of nitrogens with zero attached hydrogens (tertiary/aromatic N) is 1. The lowest BCUT2D eigenvalue weighted by Crippen LogP contribution is -2.70. The zero-order valence-corrected chi connectivity index (χ0v) is 15.7. The summed E-state index contributed by atoms with van der Waals surface area (Å²) in [7, 11) is 3.33. The highest BCUT2D eigenvalue weighted by Gasteiger charge is 2.69. The van der Waals surface area contributed by atoms with Gasteiger partial charge in [0.25, 0.3) is 0 Å². The predicted molar refractivity (Wildman–Crippen MR) is 87.0 cm³/mol. The average Bonchev–Trinajstić information content (AvgIpc) is 2.78. The Morgan fingerprint density at radius 1 is 1.12 bits per heavy atom. The number of fused-ring (bicyclic) bond motifs is 2. The predicted octanol–water partition coefficient (Wildman–Crippen LogP) is 2.89. The molecule has 5 rings (SSSR count). The van der Waals surface area contributed by atoms with E-state index in [9.17, 15) is 4.79 Å². The van der Waals surface area contributed by atoms with Crippen LogP contribution in [-0.4, -0.2) is 49.1 Å². The molecule has 0 N–H and O–H groups in total. The van der Waals surface area contributed by atoms with Crippen molar-refractivity contribution in [1.82, 2.24) is 4.90 Å². The van der Waals surface area contributed by atoms with Crippen molar-refractivity contribution in [1.29, 1.82) is 0 Å². The quantitative estimate of drug-likeness (QED) is 0.674. The molecule has 25 heavy (non-hydrogen) atoms. The normalized spacial score (nSPS) is 51.4. The van der Waals surface area contributed by atoms with Crippen LogP contribution in [0.2, 0.25) is 0 Å². The lowest BCUT2D eigenvalue weighted by atomic mass is 9.58. The smallest absolute Gasteiger partial charge is 0.411 e. The zero-order valence-electron chi connectivity index (χ0n) is 15.7. The molecule has 142 valence electrons. The number of carbonyl (C=O) groups is 1. The number of rotatable bonds is 1. The molecule has 0 aromatic carbocycles. The van der Waals surface area contributed by atoms with Gasteiger partial charge in [-0.2, -0.15) is 0 Å². The first-order chi connectivity index (χ1) is 11.8. The molecule has 1 amide bonds. The van der Waals surface area contributed by atoms with Gasteiger partial charge in [-0.05, 0) is 38.0 Å². The van der Waals surface area contributed by atoms with Gasteiger partial charge in [0.2, 0.25) is 12.1 Å². The Hall–Kier alpha value is -0.890. The first-order valence-electron chi connectivity index (χ1n) is 9.35. The summed E-state index contributed by atoms with van der Waals surface area (Å²) in [5.41, 5.74) is -0.617. The van der Waals surface area contributed by atoms with Crippen LogP contribution < -0.4 is 0 Å². The highest BCUT2D eigenvalue weighted by atomic mass is 17.3. The van der Waals surface area contributed by atoms with E-state index in [-0.39, 0.29) is 11.8 Å². The minimum Gasteiger partial charge on any atom is -0.419 e. The topological polar surface area (TPSA) is 66.5 Å². The molecule has 4 aliphatic heterocycles. The zero-order chi connectivity index (χ0) is 18.0. The second kappa shape index (κ2) is 5.81. The van der Waals surface area contributed by atoms with Crippen LogP contribution in [0, 0.1) is 23.7 Å². The molecule has 2 unspecified atom stereocenters. The van der Waals surface area contributed by atoms with Crippen molar-refractivity contribution in [2.45, 2.75) is 70.4 Å². The summed E-state index contributed by atoms with van der Waals surface area (Å²) in [6, 6.07) is 0. The summed E-state index contributed by atoms with van der Waals surface area (Å²) in [4.78, 5) is 25.3. The van der Waals surface area contributed by atoms with Gasteiger partial charge in [0.05, 0.1) is 0 Å². The van der Waals surface area contributed by atoms with E-state index in [1.54, 1.807) is 14.1 Å². The molecular formula is C18H29NO6. The summed E-state index contributed by atoms with van der Waals surface area (Å²) in [5, 5.41) is 0. The Balaban J connectivity index is 1.68. The van der Waals surface area contributed by atoms with Crippen LogP contribution in [0.5, 0.6) is 0 Å². The summed E-state index contributed by atoms with van der Waals surface area (Å²) < 4.78 is 18.0. The van der Waals surface area contributed by atoms with Crippen molar-refractivity contribution in [3.05, 3.63) is 0 Å². The molecule has 2 bridgehead atoms. The second-order valence-electron chi connectivity index (χ2n) is 8.55. The van der Waals surface area contributed by atoms with E-state index in [4.69, 9.17) is 24.0 Å². The molecule has 4 saturated heterocycles. The molecule has 4 heterocycles. The van der Waals surface area contributed by atoms with Crippen LogP contribution in [0.4, 0.5) is 4.79 Å². The van der Waals surface area contributed by atoms with Crippen LogP contribution in [0.15, 0.2) is 0 Å². The number of carbonyl (C=O) groups excluding carboxylic acids is 1. The molecule has 1 spiro atoms. The molecule has 5 fully saturated rings. The third-order valence-corrected chi connectivity index (χ3v) is 6.68. The van der Waals surface area contributed by atoms with E-state index in [2.05, 4.69) is 13.8 Å². The van der Waals surface area contributed by atoms with Gasteiger partial charge in [-0.3, -0.25) is 0 Å². The van der Waals surface area contributed by atoms with Crippen molar-refractivity contribution < 1.29 is 28.8 Å². The fraction of sp³-hybridized carbons (Fsp3) is 0.944. The molecular weight excluding hydrogens is 326 g/mol. The van der Waals surface area contributed by atoms with E-state index in [1.807, 2.05) is 6.92 Å². The first kappa shape index (κ1) is 17.5. The van der Waals surface area contributed by atoms with Gasteiger partial charge in [0.15, 0.2) is 11.9 Å². The average molecular weight is 355 g/mol. The van der Waals surface area contributed by atoms with Crippen LogP contribution in [0.3, 0.4) is 0 Å². The van der Waals surface area contributed by atoms with Crippen molar-refractivity contribution in [3.8, 4) is 0 Å². The van der Waals surface area contributed by atoms with E-state index in [0.29, 0.717) is 11.8 Å². The van der Waals surface area contributed by atoms with Gasteiger partial charge in [-0.15, -0.1) is 0 Å². The standard InChI is InChI=1S/C18H29NO6/c1-10-6-7-13-11(2)14(22-16(20)19(4)5)21-15-18(13)12(10)8-9-17(3,23-15)24-25-18/h10-15H,6-9H2,1-5H3/t10-,11-,12+,13?,14?,15-,17+,18-/m1/s1. The largest absolute Gasteiger partial charge is 0.419 e. The summed E-state index contributed by atoms with van der Waals surface area (Å²) in [6.07, 6.45) is 2.24. The summed E-state index contributed by atoms with van der Waals surface area (Å²) >= 11 is 0. The number of hydrogen-bond acceptors (Lipinski definition) is 6. The maximum Gasteiger partial charge on any atom is 0.411 e. The highest BCUT2D eigenvalue weighted by Crippen LogP contribution is 2.60. The molecule has 1 aliphatic carbocycles. The molecule has 0 aromatic rings. The van der Waals surface area contributed by atoms with Crippen LogP contribution in [-0.2, 0) is 24.0 Å². The van der Waals surface area contributed by atoms with E-state index < -0.39 is 30.1 Å². The van der Waals surface area contributed by atoms with Crippen LogP contribution >= 0.6 is 0 Å². The number of ether oxygens (including phenoxy) is 3. The van der Waals surface area contributed by atoms with Gasteiger partial charge in [0, 0.05) is 32.4 Å². The van der Waals surface area contributed by atoms with E-state index >= 15 is 0 Å². The van der Waals surface area contributed by atoms with Gasteiger partial charge in [0.1, 0.15) is 0 Å². The lowest BCUT2D eigenvalue weighted by molar-refractivity contribution is -0.576. The third-order valence-electron chi connectivity index (χ3n) is 6.68. The second-order valence-corrected chi connectivity index (χ2v) is 8.55. The van der Waals surface area contributed by atoms with Gasteiger partial charge >= 0.3 is 6.09 Å². The van der Waals surface area contributed by atoms with E-state index in [0.717, 1.165) is 25.7 Å². The Morgan fingerprint density at radius 3 is 2.60 bits per heavy atom. The molecule has 7 nitrogen and oxygen atoms in total. The molecule has 8 atom stereocenters. The van der Waals surface area contributed by atoms with Gasteiger partial charge < -0.3 is 19.1 Å². The van der Waals surface area contributed by atoms with Crippen LogP contribution in [0.1, 0.15) is 46.5 Å². The van der Waals surface area contributed by atoms with Crippen LogP contribution in [0.25, 0.3) is 0 Å². The SMILES string of the molecule is C[C@H]1C(OC(=O)N(C)C)O[C@@H]2O[C@]3(C)CC[C@H]4[C@H](C)CCC1[C@@]24OO3. The lowest BCUT2D eigenvalue weighted by Gasteiger charge is -2.59. The third kappa shape index (κ3) is 2.51. The Kier molecular flexibility index (Phi) is 4.07. The number of hydrogen-bond donors (Lipinski definition) is 0. The fourth-order valence-corrected chi connectivity index (χ4v) is 5.21. The Bertz CT molecular complexity index is 556. The van der Waals surface area contributed by atoms with Crippen molar-refractivity contribution in [2.24, 2.45) is 23.7 Å². The fourth-order valence-electron chi connectivity index (χ4n) is 5.21. The molecule has 0 aromatic heterocycles. The molecule has 1 saturated carbocycles. The van der Waals surface area contributed by atoms with Crippen molar-refractivity contribution >= 4 is 6.09 Å². The van der Waals surface area contributed by atoms with E-state index in [1.165, 1.54) is 4.90 Å². The maximum absolute atomic E-state index is 12.1. The summed E-state index contributed by atoms with van der Waals surface area (Å²) in [6.45, 7) is 6.23. The monoisotopic (exact) mass is 355 g/mol. The highest BCUT2D eigenvalue weighted by molar-refractivity contribution is 5.66. The van der Waals surface area contributed by atoms with Gasteiger partial charge in [-0.1, -0.05) is 13.8 Å².